The molecule has 0 heterocycles. The van der Waals surface area contributed by atoms with E-state index in [0.29, 0.717) is 18.3 Å². The van der Waals surface area contributed by atoms with Crippen LogP contribution in [-0.4, -0.2) is 65.1 Å². The first-order valence-electron chi connectivity index (χ1n) is 14.2. The van der Waals surface area contributed by atoms with Gasteiger partial charge in [-0.25, -0.2) is 0 Å². The van der Waals surface area contributed by atoms with Crippen molar-refractivity contribution in [1.29, 1.82) is 0 Å². The lowest BCUT2D eigenvalue weighted by Crippen LogP contribution is -2.25. The lowest BCUT2D eigenvalue weighted by Gasteiger charge is -2.25. The molecule has 0 aliphatic heterocycles. The average Bonchev–Trinajstić information content (AvgIpc) is 2.81. The Bertz CT molecular complexity index is 512. The van der Waals surface area contributed by atoms with Gasteiger partial charge in [-0.15, -0.1) is 0 Å². The highest BCUT2D eigenvalue weighted by Gasteiger charge is 2.14. The summed E-state index contributed by atoms with van der Waals surface area (Å²) in [5.74, 6) is 0. The van der Waals surface area contributed by atoms with Crippen LogP contribution in [0.25, 0.3) is 0 Å². The fourth-order valence-electron chi connectivity index (χ4n) is 3.41. The molecule has 0 aromatic heterocycles. The fraction of sp³-hybridized carbons (Fsp3) is 1.00. The minimum Gasteiger partial charge on any atom is -0.756 e. The van der Waals surface area contributed by atoms with Crippen molar-refractivity contribution in [3.63, 3.8) is 0 Å². The van der Waals surface area contributed by atoms with Crippen LogP contribution in [0.2, 0.25) is 0 Å². The van der Waals surface area contributed by atoms with Gasteiger partial charge in [0.1, 0.15) is 0 Å². The summed E-state index contributed by atoms with van der Waals surface area (Å²) in [4.78, 5) is 11.6. The van der Waals surface area contributed by atoms with E-state index in [0.717, 1.165) is 58.8 Å². The van der Waals surface area contributed by atoms with E-state index in [4.69, 9.17) is 9.05 Å². The summed E-state index contributed by atoms with van der Waals surface area (Å²) in [6.45, 7) is 18.9. The zero-order valence-electron chi connectivity index (χ0n) is 23.6. The van der Waals surface area contributed by atoms with Crippen molar-refractivity contribution < 1.29 is 18.5 Å². The number of hydrogen-bond donors (Lipinski definition) is 4. The van der Waals surface area contributed by atoms with Crippen LogP contribution in [0.4, 0.5) is 0 Å². The van der Waals surface area contributed by atoms with E-state index in [2.05, 4.69) is 42.0 Å². The van der Waals surface area contributed by atoms with Crippen molar-refractivity contribution >= 4 is 7.82 Å². The van der Waals surface area contributed by atoms with E-state index in [1.165, 1.54) is 44.9 Å². The summed E-state index contributed by atoms with van der Waals surface area (Å²) >= 11 is 0. The predicted octanol–water partition coefficient (Wildman–Crippen LogP) is 4.20. The third-order valence-corrected chi connectivity index (χ3v) is 7.53. The number of unbranched alkanes of at least 4 members (excludes halogenated alkanes) is 2. The zero-order chi connectivity index (χ0) is 26.3. The highest BCUT2D eigenvalue weighted by molar-refractivity contribution is 7.45. The van der Waals surface area contributed by atoms with Gasteiger partial charge in [0.15, 0.2) is 0 Å². The summed E-state index contributed by atoms with van der Waals surface area (Å²) in [6, 6.07) is 0. The first-order valence-corrected chi connectivity index (χ1v) is 15.7. The molecule has 0 aromatic carbocycles. The SMILES string of the molecule is CCC(C)OP(=O)([O-])OCCCNCCCNCCCCNCCCNCCCCC(C)(C)CC. The Morgan fingerprint density at radius 3 is 1.63 bits per heavy atom. The van der Waals surface area contributed by atoms with E-state index in [1.54, 1.807) is 6.92 Å². The van der Waals surface area contributed by atoms with Gasteiger partial charge in [0.2, 0.25) is 0 Å². The average molecular weight is 522 g/mol. The third kappa shape index (κ3) is 25.4. The number of phosphoric acid groups is 1. The molecule has 0 fully saturated rings. The fourth-order valence-corrected chi connectivity index (χ4v) is 4.41. The molecule has 2 unspecified atom stereocenters. The Kier molecular flexibility index (Phi) is 23.1. The number of hydrogen-bond acceptors (Lipinski definition) is 8. The Morgan fingerprint density at radius 2 is 1.17 bits per heavy atom. The molecular weight excluding hydrogens is 463 g/mol. The van der Waals surface area contributed by atoms with E-state index >= 15 is 0 Å². The molecule has 0 rings (SSSR count). The summed E-state index contributed by atoms with van der Waals surface area (Å²) in [7, 11) is -4.16. The van der Waals surface area contributed by atoms with E-state index < -0.39 is 7.82 Å². The van der Waals surface area contributed by atoms with Crippen LogP contribution in [0.1, 0.15) is 98.8 Å². The van der Waals surface area contributed by atoms with Crippen LogP contribution in [0, 0.1) is 5.41 Å². The molecule has 0 aromatic rings. The monoisotopic (exact) mass is 521 g/mol. The van der Waals surface area contributed by atoms with Gasteiger partial charge in [-0.2, -0.15) is 0 Å². The molecule has 0 spiro atoms. The van der Waals surface area contributed by atoms with Crippen LogP contribution in [-0.2, 0) is 13.6 Å². The minimum absolute atomic E-state index is 0.157. The molecule has 0 aliphatic carbocycles. The summed E-state index contributed by atoms with van der Waals surface area (Å²) < 4.78 is 21.3. The maximum atomic E-state index is 11.6. The second kappa shape index (κ2) is 23.1. The van der Waals surface area contributed by atoms with Gasteiger partial charge in [-0.3, -0.25) is 4.57 Å². The number of phosphoric ester groups is 1. The highest BCUT2D eigenvalue weighted by Crippen LogP contribution is 2.40. The van der Waals surface area contributed by atoms with Crippen LogP contribution < -0.4 is 26.2 Å². The number of rotatable bonds is 27. The van der Waals surface area contributed by atoms with Crippen molar-refractivity contribution in [3.8, 4) is 0 Å². The van der Waals surface area contributed by atoms with E-state index in [9.17, 15) is 9.46 Å². The molecule has 0 radical (unpaired) electrons. The second-order valence-corrected chi connectivity index (χ2v) is 11.7. The Hall–Kier alpha value is -0.0500. The maximum absolute atomic E-state index is 11.6. The third-order valence-electron chi connectivity index (χ3n) is 6.42. The highest BCUT2D eigenvalue weighted by atomic mass is 31.2. The van der Waals surface area contributed by atoms with Crippen LogP contribution in [0.5, 0.6) is 0 Å². The molecule has 9 heteroatoms. The molecule has 4 N–H and O–H groups in total. The smallest absolute Gasteiger partial charge is 0.268 e. The summed E-state index contributed by atoms with van der Waals surface area (Å²) in [5.41, 5.74) is 0.506. The molecule has 0 saturated carbocycles. The molecule has 0 amide bonds. The van der Waals surface area contributed by atoms with Crippen molar-refractivity contribution in [1.82, 2.24) is 21.3 Å². The lowest BCUT2D eigenvalue weighted by molar-refractivity contribution is -0.229. The summed E-state index contributed by atoms with van der Waals surface area (Å²) in [5, 5.41) is 13.9. The Morgan fingerprint density at radius 1 is 0.743 bits per heavy atom. The second-order valence-electron chi connectivity index (χ2n) is 10.3. The first kappa shape index (κ1) is 35.0. The normalized spacial score (nSPS) is 14.8. The van der Waals surface area contributed by atoms with Crippen molar-refractivity contribution in [2.75, 3.05) is 59.0 Å². The van der Waals surface area contributed by atoms with Crippen LogP contribution >= 0.6 is 7.82 Å². The van der Waals surface area contributed by atoms with Crippen LogP contribution in [0.3, 0.4) is 0 Å². The molecule has 0 bridgehead atoms. The lowest BCUT2D eigenvalue weighted by atomic mass is 9.85. The maximum Gasteiger partial charge on any atom is 0.268 e. The van der Waals surface area contributed by atoms with Gasteiger partial charge in [0, 0.05) is 0 Å². The van der Waals surface area contributed by atoms with Crippen LogP contribution in [0.15, 0.2) is 0 Å². The van der Waals surface area contributed by atoms with E-state index in [1.807, 2.05) is 6.92 Å². The summed E-state index contributed by atoms with van der Waals surface area (Å²) in [6.07, 6.45) is 10.8. The molecule has 0 saturated heterocycles. The Balaban J connectivity index is 3.22. The Labute approximate surface area is 217 Å². The molecule has 35 heavy (non-hydrogen) atoms. The molecule has 8 nitrogen and oxygen atoms in total. The van der Waals surface area contributed by atoms with Gasteiger partial charge in [-0.1, -0.05) is 40.5 Å². The molecular formula is C26H58N4O4P-. The zero-order valence-corrected chi connectivity index (χ0v) is 24.5. The standard InChI is InChI=1S/C26H59N4O4P/c1-6-25(3)34-35(31,32)33-24-14-23-30-22-13-21-29-18-11-10-17-28-20-12-19-27-16-9-8-15-26(4,5)7-2/h25,27-30H,6-24H2,1-5H3,(H,31,32)/p-1. The van der Waals surface area contributed by atoms with Crippen molar-refractivity contribution in [2.45, 2.75) is 105 Å². The topological polar surface area (TPSA) is 107 Å². The van der Waals surface area contributed by atoms with Gasteiger partial charge >= 0.3 is 0 Å². The van der Waals surface area contributed by atoms with Gasteiger partial charge < -0.3 is 35.2 Å². The van der Waals surface area contributed by atoms with Gasteiger partial charge in [-0.05, 0) is 116 Å². The van der Waals surface area contributed by atoms with Gasteiger partial charge in [0.05, 0.1) is 12.7 Å². The first-order chi connectivity index (χ1) is 16.7. The largest absolute Gasteiger partial charge is 0.756 e. The van der Waals surface area contributed by atoms with Crippen molar-refractivity contribution in [3.05, 3.63) is 0 Å². The minimum atomic E-state index is -4.16. The molecule has 2 atom stereocenters. The van der Waals surface area contributed by atoms with Crippen molar-refractivity contribution in [2.24, 2.45) is 5.41 Å². The molecule has 212 valence electrons. The predicted molar refractivity (Wildman–Crippen MR) is 147 cm³/mol. The van der Waals surface area contributed by atoms with Gasteiger partial charge in [0.25, 0.3) is 7.82 Å². The van der Waals surface area contributed by atoms with E-state index in [-0.39, 0.29) is 12.7 Å². The number of nitrogens with one attached hydrogen (secondary N) is 4. The quantitative estimate of drug-likeness (QED) is 0.0941. The molecule has 0 aliphatic rings.